The Labute approximate surface area is 113 Å². The summed E-state index contributed by atoms with van der Waals surface area (Å²) < 4.78 is 0. The van der Waals surface area contributed by atoms with Gasteiger partial charge >= 0.3 is 6.03 Å². The first-order chi connectivity index (χ1) is 8.75. The van der Waals surface area contributed by atoms with E-state index in [2.05, 4.69) is 15.5 Å². The van der Waals surface area contributed by atoms with Crippen LogP contribution in [0.15, 0.2) is 12.1 Å². The quantitative estimate of drug-likeness (QED) is 0.871. The van der Waals surface area contributed by atoms with E-state index in [1.165, 1.54) is 4.90 Å². The number of nitrogens with zero attached hydrogens (tertiary/aromatic N) is 3. The van der Waals surface area contributed by atoms with E-state index in [0.717, 1.165) is 5.69 Å². The van der Waals surface area contributed by atoms with E-state index in [0.29, 0.717) is 5.82 Å². The number of aliphatic hydroxyl groups is 1. The molecule has 0 saturated carbocycles. The lowest BCUT2D eigenvalue weighted by Crippen LogP contribution is -2.40. The molecular formula is C13H22N4O2. The van der Waals surface area contributed by atoms with E-state index in [9.17, 15) is 4.79 Å². The number of anilines is 1. The maximum Gasteiger partial charge on any atom is 0.323 e. The summed E-state index contributed by atoms with van der Waals surface area (Å²) in [6.45, 7) is 7.82. The average Bonchev–Trinajstić information content (AvgIpc) is 2.36. The Hall–Kier alpha value is -1.69. The zero-order chi connectivity index (χ0) is 14.6. The molecule has 1 rings (SSSR count). The van der Waals surface area contributed by atoms with Gasteiger partial charge in [-0.25, -0.2) is 4.79 Å². The first kappa shape index (κ1) is 15.4. The van der Waals surface area contributed by atoms with Gasteiger partial charge in [-0.1, -0.05) is 20.8 Å². The van der Waals surface area contributed by atoms with Crippen molar-refractivity contribution in [3.05, 3.63) is 17.8 Å². The third kappa shape index (κ3) is 4.17. The average molecular weight is 266 g/mol. The highest BCUT2D eigenvalue weighted by molar-refractivity contribution is 5.88. The van der Waals surface area contributed by atoms with Gasteiger partial charge in [0.25, 0.3) is 0 Å². The summed E-state index contributed by atoms with van der Waals surface area (Å²) in [7, 11) is 1.62. The number of aliphatic hydroxyl groups excluding tert-OH is 1. The van der Waals surface area contributed by atoms with E-state index in [1.807, 2.05) is 26.8 Å². The van der Waals surface area contributed by atoms with Crippen LogP contribution in [0, 0.1) is 0 Å². The molecule has 1 atom stereocenters. The van der Waals surface area contributed by atoms with Crippen molar-refractivity contribution >= 4 is 11.8 Å². The lowest BCUT2D eigenvalue weighted by Gasteiger charge is -2.23. The molecule has 0 aliphatic rings. The van der Waals surface area contributed by atoms with Crippen LogP contribution >= 0.6 is 0 Å². The number of carbonyl (C=O) groups excluding carboxylic acids is 1. The smallest absolute Gasteiger partial charge is 0.323 e. The minimum absolute atomic E-state index is 0.0717. The van der Waals surface area contributed by atoms with Crippen molar-refractivity contribution < 1.29 is 9.90 Å². The zero-order valence-electron chi connectivity index (χ0n) is 12.1. The molecule has 0 saturated heterocycles. The molecule has 1 unspecified atom stereocenters. The molecule has 1 aromatic heterocycles. The van der Waals surface area contributed by atoms with Crippen molar-refractivity contribution in [1.29, 1.82) is 0 Å². The van der Waals surface area contributed by atoms with Crippen molar-refractivity contribution in [2.45, 2.75) is 39.2 Å². The number of nitrogens with one attached hydrogen (secondary N) is 1. The molecule has 0 aromatic carbocycles. The van der Waals surface area contributed by atoms with Crippen molar-refractivity contribution in [2.75, 3.05) is 19.0 Å². The summed E-state index contributed by atoms with van der Waals surface area (Å²) in [5.41, 5.74) is 0.792. The zero-order valence-corrected chi connectivity index (χ0v) is 12.1. The van der Waals surface area contributed by atoms with Gasteiger partial charge in [0.05, 0.1) is 18.3 Å². The number of carbonyl (C=O) groups is 1. The normalized spacial score (nSPS) is 12.9. The van der Waals surface area contributed by atoms with E-state index >= 15 is 0 Å². The lowest BCUT2D eigenvalue weighted by molar-refractivity contribution is 0.166. The first-order valence-corrected chi connectivity index (χ1v) is 6.24. The van der Waals surface area contributed by atoms with E-state index in [1.54, 1.807) is 20.0 Å². The van der Waals surface area contributed by atoms with Gasteiger partial charge in [-0.2, -0.15) is 5.10 Å². The van der Waals surface area contributed by atoms with Crippen LogP contribution in [0.4, 0.5) is 10.6 Å². The van der Waals surface area contributed by atoms with E-state index in [-0.39, 0.29) is 24.1 Å². The van der Waals surface area contributed by atoms with Crippen LogP contribution in [0.5, 0.6) is 0 Å². The highest BCUT2D eigenvalue weighted by Gasteiger charge is 2.18. The molecule has 0 aliphatic carbocycles. The molecule has 2 N–H and O–H groups in total. The Morgan fingerprint density at radius 1 is 1.42 bits per heavy atom. The molecular weight excluding hydrogens is 244 g/mol. The minimum atomic E-state index is -0.320. The standard InChI is InChI=1S/C13H22N4O2/c1-9(8-18)17(5)12(19)14-11-7-6-10(15-16-11)13(2,3)4/h6-7,9,18H,8H2,1-5H3,(H,14,16,19). The molecule has 0 bridgehead atoms. The minimum Gasteiger partial charge on any atom is -0.394 e. The van der Waals surface area contributed by atoms with Gasteiger partial charge in [0, 0.05) is 12.5 Å². The second-order valence-corrected chi connectivity index (χ2v) is 5.63. The van der Waals surface area contributed by atoms with Crippen LogP contribution in [-0.4, -0.2) is 45.9 Å². The van der Waals surface area contributed by atoms with Gasteiger partial charge < -0.3 is 10.0 Å². The van der Waals surface area contributed by atoms with Crippen LogP contribution < -0.4 is 5.32 Å². The number of likely N-dealkylation sites (N-methyl/N-ethyl adjacent to an activating group) is 1. The predicted molar refractivity (Wildman–Crippen MR) is 74.1 cm³/mol. The summed E-state index contributed by atoms with van der Waals surface area (Å²) in [5.74, 6) is 0.398. The maximum absolute atomic E-state index is 11.8. The fraction of sp³-hybridized carbons (Fsp3) is 0.615. The molecule has 0 spiro atoms. The monoisotopic (exact) mass is 266 g/mol. The summed E-state index contributed by atoms with van der Waals surface area (Å²) in [6.07, 6.45) is 0. The number of urea groups is 1. The topological polar surface area (TPSA) is 78.4 Å². The molecule has 6 heteroatoms. The van der Waals surface area contributed by atoms with Gasteiger partial charge in [-0.3, -0.25) is 5.32 Å². The molecule has 1 heterocycles. The molecule has 2 amide bonds. The summed E-state index contributed by atoms with van der Waals surface area (Å²) >= 11 is 0. The van der Waals surface area contributed by atoms with E-state index in [4.69, 9.17) is 5.11 Å². The van der Waals surface area contributed by atoms with Gasteiger partial charge in [0.1, 0.15) is 0 Å². The van der Waals surface area contributed by atoms with Crippen LogP contribution in [0.25, 0.3) is 0 Å². The largest absolute Gasteiger partial charge is 0.394 e. The predicted octanol–water partition coefficient (Wildman–Crippen LogP) is 1.62. The Kier molecular flexibility index (Phi) is 4.83. The Bertz CT molecular complexity index is 425. The summed E-state index contributed by atoms with van der Waals surface area (Å²) in [6, 6.07) is 3.00. The summed E-state index contributed by atoms with van der Waals surface area (Å²) in [4.78, 5) is 13.2. The fourth-order valence-electron chi connectivity index (χ4n) is 1.32. The summed E-state index contributed by atoms with van der Waals surface area (Å²) in [5, 5.41) is 19.7. The highest BCUT2D eigenvalue weighted by Crippen LogP contribution is 2.19. The third-order valence-corrected chi connectivity index (χ3v) is 2.91. The molecule has 0 fully saturated rings. The highest BCUT2D eigenvalue weighted by atomic mass is 16.3. The Morgan fingerprint density at radius 3 is 2.47 bits per heavy atom. The first-order valence-electron chi connectivity index (χ1n) is 6.24. The van der Waals surface area contributed by atoms with Gasteiger partial charge in [0.15, 0.2) is 5.82 Å². The molecule has 6 nitrogen and oxygen atoms in total. The van der Waals surface area contributed by atoms with Gasteiger partial charge in [0.2, 0.25) is 0 Å². The molecule has 19 heavy (non-hydrogen) atoms. The van der Waals surface area contributed by atoms with E-state index < -0.39 is 0 Å². The molecule has 0 radical (unpaired) electrons. The lowest BCUT2D eigenvalue weighted by atomic mass is 9.92. The molecule has 0 aliphatic heterocycles. The van der Waals surface area contributed by atoms with Crippen molar-refractivity contribution in [3.8, 4) is 0 Å². The maximum atomic E-state index is 11.8. The van der Waals surface area contributed by atoms with Crippen LogP contribution in [0.3, 0.4) is 0 Å². The SMILES string of the molecule is CC(CO)N(C)C(=O)Nc1ccc(C(C)(C)C)nn1. The number of aromatic nitrogens is 2. The van der Waals surface area contributed by atoms with Crippen molar-refractivity contribution in [2.24, 2.45) is 0 Å². The number of hydrogen-bond donors (Lipinski definition) is 2. The van der Waals surface area contributed by atoms with Crippen molar-refractivity contribution in [1.82, 2.24) is 15.1 Å². The third-order valence-electron chi connectivity index (χ3n) is 2.91. The Morgan fingerprint density at radius 2 is 2.05 bits per heavy atom. The second-order valence-electron chi connectivity index (χ2n) is 5.63. The van der Waals surface area contributed by atoms with Gasteiger partial charge in [-0.15, -0.1) is 5.10 Å². The molecule has 1 aromatic rings. The number of hydrogen-bond acceptors (Lipinski definition) is 4. The van der Waals surface area contributed by atoms with Crippen molar-refractivity contribution in [3.63, 3.8) is 0 Å². The number of rotatable bonds is 3. The van der Waals surface area contributed by atoms with Crippen LogP contribution in [0.1, 0.15) is 33.4 Å². The van der Waals surface area contributed by atoms with Crippen LogP contribution in [-0.2, 0) is 5.41 Å². The van der Waals surface area contributed by atoms with Gasteiger partial charge in [-0.05, 0) is 19.1 Å². The Balaban J connectivity index is 2.71. The molecule has 106 valence electrons. The fourth-order valence-corrected chi connectivity index (χ4v) is 1.32. The number of amides is 2. The van der Waals surface area contributed by atoms with Crippen LogP contribution in [0.2, 0.25) is 0 Å². The second kappa shape index (κ2) is 5.97.